The topological polar surface area (TPSA) is 61.3 Å². The van der Waals surface area contributed by atoms with Crippen LogP contribution in [0.15, 0.2) is 29.6 Å². The zero-order chi connectivity index (χ0) is 16.4. The van der Waals surface area contributed by atoms with E-state index in [0.29, 0.717) is 5.69 Å². The van der Waals surface area contributed by atoms with Gasteiger partial charge in [0.05, 0.1) is 5.69 Å². The van der Waals surface area contributed by atoms with Gasteiger partial charge in [0.1, 0.15) is 11.6 Å². The van der Waals surface area contributed by atoms with Crippen molar-refractivity contribution < 1.29 is 5.11 Å². The van der Waals surface area contributed by atoms with Crippen LogP contribution in [0, 0.1) is 6.92 Å². The van der Waals surface area contributed by atoms with E-state index in [1.54, 1.807) is 11.3 Å². The first-order valence-corrected chi connectivity index (χ1v) is 8.36. The van der Waals surface area contributed by atoms with Gasteiger partial charge >= 0.3 is 0 Å². The number of aryl methyl sites for hydroxylation is 1. The largest absolute Gasteiger partial charge is 0.507 e. The summed E-state index contributed by atoms with van der Waals surface area (Å²) in [5, 5.41) is 25.2. The SMILES string of the molecule is Cc1cc(NCCN(C)C)nnc1-c1ccc2sccc2c1O. The highest BCUT2D eigenvalue weighted by molar-refractivity contribution is 7.17. The lowest BCUT2D eigenvalue weighted by molar-refractivity contribution is 0.425. The van der Waals surface area contributed by atoms with Crippen molar-refractivity contribution in [2.24, 2.45) is 0 Å². The van der Waals surface area contributed by atoms with Gasteiger partial charge in [0, 0.05) is 28.7 Å². The number of fused-ring (bicyclic) bond motifs is 1. The number of nitrogens with zero attached hydrogens (tertiary/aromatic N) is 3. The minimum absolute atomic E-state index is 0.273. The summed E-state index contributed by atoms with van der Waals surface area (Å²) in [5.74, 6) is 1.03. The van der Waals surface area contributed by atoms with Crippen LogP contribution in [0.4, 0.5) is 5.82 Å². The number of aromatic nitrogens is 2. The smallest absolute Gasteiger partial charge is 0.148 e. The Morgan fingerprint density at radius 1 is 1.22 bits per heavy atom. The number of hydrogen-bond acceptors (Lipinski definition) is 6. The monoisotopic (exact) mass is 328 g/mol. The lowest BCUT2D eigenvalue weighted by atomic mass is 10.0. The van der Waals surface area contributed by atoms with E-state index < -0.39 is 0 Å². The summed E-state index contributed by atoms with van der Waals surface area (Å²) in [6.07, 6.45) is 0. The molecule has 5 nitrogen and oxygen atoms in total. The first-order chi connectivity index (χ1) is 11.1. The lowest BCUT2D eigenvalue weighted by Gasteiger charge is -2.12. The first-order valence-electron chi connectivity index (χ1n) is 7.48. The molecule has 120 valence electrons. The number of hydrogen-bond donors (Lipinski definition) is 2. The molecule has 0 bridgehead atoms. The molecule has 0 radical (unpaired) electrons. The average molecular weight is 328 g/mol. The quantitative estimate of drug-likeness (QED) is 0.752. The number of anilines is 1. The Labute approximate surface area is 139 Å². The molecule has 0 aliphatic carbocycles. The van der Waals surface area contributed by atoms with Crippen molar-refractivity contribution in [1.82, 2.24) is 15.1 Å². The highest BCUT2D eigenvalue weighted by Gasteiger charge is 2.13. The third kappa shape index (κ3) is 3.28. The fourth-order valence-corrected chi connectivity index (χ4v) is 3.25. The predicted molar refractivity (Wildman–Crippen MR) is 96.3 cm³/mol. The van der Waals surface area contributed by atoms with Crippen LogP contribution in [0.3, 0.4) is 0 Å². The summed E-state index contributed by atoms with van der Waals surface area (Å²) in [4.78, 5) is 2.11. The minimum atomic E-state index is 0.273. The second-order valence-corrected chi connectivity index (χ2v) is 6.73. The second-order valence-electron chi connectivity index (χ2n) is 5.79. The molecule has 2 N–H and O–H groups in total. The molecule has 0 saturated carbocycles. The first kappa shape index (κ1) is 15.7. The average Bonchev–Trinajstić information content (AvgIpc) is 2.98. The maximum Gasteiger partial charge on any atom is 0.148 e. The third-order valence-corrected chi connectivity index (χ3v) is 4.59. The van der Waals surface area contributed by atoms with Crippen molar-refractivity contribution in [3.63, 3.8) is 0 Å². The fourth-order valence-electron chi connectivity index (χ4n) is 2.47. The van der Waals surface area contributed by atoms with Crippen LogP contribution in [0.25, 0.3) is 21.3 Å². The fraction of sp³-hybridized carbons (Fsp3) is 0.294. The van der Waals surface area contributed by atoms with Crippen molar-refractivity contribution in [3.05, 3.63) is 35.2 Å². The third-order valence-electron chi connectivity index (χ3n) is 3.71. The highest BCUT2D eigenvalue weighted by Crippen LogP contribution is 2.38. The molecule has 0 spiro atoms. The summed E-state index contributed by atoms with van der Waals surface area (Å²) in [6.45, 7) is 3.73. The van der Waals surface area contributed by atoms with Crippen LogP contribution in [0.5, 0.6) is 5.75 Å². The van der Waals surface area contributed by atoms with Crippen LogP contribution in [0.2, 0.25) is 0 Å². The van der Waals surface area contributed by atoms with Crippen LogP contribution in [-0.2, 0) is 0 Å². The van der Waals surface area contributed by atoms with Gasteiger partial charge in [-0.1, -0.05) is 0 Å². The molecular weight excluding hydrogens is 308 g/mol. The van der Waals surface area contributed by atoms with E-state index >= 15 is 0 Å². The van der Waals surface area contributed by atoms with Gasteiger partial charge < -0.3 is 15.3 Å². The van der Waals surface area contributed by atoms with E-state index in [1.165, 1.54) is 0 Å². The Hall–Kier alpha value is -2.18. The number of phenolic OH excluding ortho intramolecular Hbond substituents is 1. The molecule has 2 heterocycles. The number of benzene rings is 1. The van der Waals surface area contributed by atoms with Crippen molar-refractivity contribution in [1.29, 1.82) is 0 Å². The van der Waals surface area contributed by atoms with E-state index in [9.17, 15) is 5.11 Å². The molecule has 23 heavy (non-hydrogen) atoms. The number of aromatic hydroxyl groups is 1. The van der Waals surface area contributed by atoms with Gasteiger partial charge in [-0.25, -0.2) is 0 Å². The molecule has 0 aliphatic heterocycles. The summed E-state index contributed by atoms with van der Waals surface area (Å²) < 4.78 is 1.07. The maximum absolute atomic E-state index is 10.5. The van der Waals surface area contributed by atoms with Gasteiger partial charge in [-0.3, -0.25) is 0 Å². The van der Waals surface area contributed by atoms with Gasteiger partial charge in [-0.05, 0) is 56.2 Å². The van der Waals surface area contributed by atoms with Gasteiger partial charge in [0.25, 0.3) is 0 Å². The van der Waals surface area contributed by atoms with Gasteiger partial charge in [0.2, 0.25) is 0 Å². The Bertz CT molecular complexity index is 829. The Balaban J connectivity index is 1.88. The molecule has 0 fully saturated rings. The molecule has 3 rings (SSSR count). The number of rotatable bonds is 5. The summed E-state index contributed by atoms with van der Waals surface area (Å²) >= 11 is 1.61. The zero-order valence-corrected chi connectivity index (χ0v) is 14.3. The van der Waals surface area contributed by atoms with Gasteiger partial charge in [-0.2, -0.15) is 0 Å². The zero-order valence-electron chi connectivity index (χ0n) is 13.5. The predicted octanol–water partition coefficient (Wildman–Crippen LogP) is 3.35. The minimum Gasteiger partial charge on any atom is -0.507 e. The maximum atomic E-state index is 10.5. The molecule has 2 aromatic heterocycles. The van der Waals surface area contributed by atoms with Crippen LogP contribution in [-0.4, -0.2) is 47.4 Å². The second kappa shape index (κ2) is 6.52. The van der Waals surface area contributed by atoms with E-state index in [2.05, 4.69) is 20.4 Å². The molecule has 3 aromatic rings. The molecule has 1 aromatic carbocycles. The summed E-state index contributed by atoms with van der Waals surface area (Å²) in [6, 6.07) is 7.82. The lowest BCUT2D eigenvalue weighted by Crippen LogP contribution is -2.21. The van der Waals surface area contributed by atoms with E-state index in [4.69, 9.17) is 0 Å². The number of nitrogens with one attached hydrogen (secondary N) is 1. The van der Waals surface area contributed by atoms with E-state index in [0.717, 1.165) is 40.1 Å². The number of phenols is 1. The molecule has 0 saturated heterocycles. The Morgan fingerprint density at radius 3 is 2.78 bits per heavy atom. The molecule has 0 atom stereocenters. The molecular formula is C17H20N4OS. The molecule has 0 unspecified atom stereocenters. The van der Waals surface area contributed by atoms with Gasteiger partial charge in [0.15, 0.2) is 0 Å². The number of likely N-dealkylation sites (N-methyl/N-ethyl adjacent to an activating group) is 1. The molecule has 6 heteroatoms. The Kier molecular flexibility index (Phi) is 4.45. The van der Waals surface area contributed by atoms with E-state index in [1.807, 2.05) is 50.7 Å². The molecule has 0 amide bonds. The summed E-state index contributed by atoms with van der Waals surface area (Å²) in [5.41, 5.74) is 2.42. The van der Waals surface area contributed by atoms with Gasteiger partial charge in [-0.15, -0.1) is 21.5 Å². The standard InChI is InChI=1S/C17H20N4OS/c1-11-10-15(18-7-8-21(2)3)19-20-16(11)13-4-5-14-12(17(13)22)6-9-23-14/h4-6,9-10,22H,7-8H2,1-3H3,(H,18,19). The van der Waals surface area contributed by atoms with Crippen LogP contribution in [0.1, 0.15) is 5.56 Å². The van der Waals surface area contributed by atoms with Crippen molar-refractivity contribution in [2.45, 2.75) is 6.92 Å². The van der Waals surface area contributed by atoms with Crippen LogP contribution < -0.4 is 5.32 Å². The summed E-state index contributed by atoms with van der Waals surface area (Å²) in [7, 11) is 4.07. The number of thiophene rings is 1. The molecule has 0 aliphatic rings. The Morgan fingerprint density at radius 2 is 2.04 bits per heavy atom. The normalized spacial score (nSPS) is 11.3. The highest BCUT2D eigenvalue weighted by atomic mass is 32.1. The van der Waals surface area contributed by atoms with Crippen LogP contribution >= 0.6 is 11.3 Å². The van der Waals surface area contributed by atoms with Crippen molar-refractivity contribution >= 4 is 27.2 Å². The van der Waals surface area contributed by atoms with Crippen molar-refractivity contribution in [3.8, 4) is 17.0 Å². The van der Waals surface area contributed by atoms with Crippen molar-refractivity contribution in [2.75, 3.05) is 32.5 Å². The van der Waals surface area contributed by atoms with E-state index in [-0.39, 0.29) is 5.75 Å².